The quantitative estimate of drug-likeness (QED) is 0.912. The van der Waals surface area contributed by atoms with Crippen LogP contribution in [-0.2, 0) is 0 Å². The minimum atomic E-state index is -0.00565. The first-order valence-electron chi connectivity index (χ1n) is 7.16. The summed E-state index contributed by atoms with van der Waals surface area (Å²) in [7, 11) is 3.52. The minimum Gasteiger partial charge on any atom is -0.397 e. The van der Waals surface area contributed by atoms with Crippen LogP contribution in [0.5, 0.6) is 0 Å². The molecule has 0 spiro atoms. The highest BCUT2D eigenvalue weighted by molar-refractivity contribution is 7.18. The Morgan fingerprint density at radius 1 is 1.35 bits per heavy atom. The van der Waals surface area contributed by atoms with Crippen molar-refractivity contribution in [2.24, 2.45) is 5.41 Å². The van der Waals surface area contributed by atoms with E-state index >= 15 is 0 Å². The zero-order valence-electron chi connectivity index (χ0n) is 12.9. The molecule has 0 aliphatic carbocycles. The summed E-state index contributed by atoms with van der Waals surface area (Å²) in [5.41, 5.74) is 7.04. The Kier molecular flexibility index (Phi) is 4.28. The van der Waals surface area contributed by atoms with E-state index in [4.69, 9.17) is 5.73 Å². The Hall–Kier alpha value is -1.23. The molecular weight excluding hydrogens is 270 g/mol. The number of nitrogens with two attached hydrogens (primary N) is 1. The predicted molar refractivity (Wildman–Crippen MR) is 86.6 cm³/mol. The van der Waals surface area contributed by atoms with Crippen molar-refractivity contribution in [3.05, 3.63) is 10.9 Å². The van der Waals surface area contributed by atoms with Gasteiger partial charge in [0, 0.05) is 27.2 Å². The summed E-state index contributed by atoms with van der Waals surface area (Å²) in [6, 6.07) is 1.96. The highest BCUT2D eigenvalue weighted by Gasteiger charge is 2.25. The van der Waals surface area contributed by atoms with Gasteiger partial charge in [-0.1, -0.05) is 13.8 Å². The van der Waals surface area contributed by atoms with Crippen molar-refractivity contribution in [3.63, 3.8) is 0 Å². The molecule has 0 saturated carbocycles. The molecule has 2 rings (SSSR count). The summed E-state index contributed by atoms with van der Waals surface area (Å²) < 4.78 is 0. The van der Waals surface area contributed by atoms with Crippen LogP contribution in [0.1, 0.15) is 42.8 Å². The highest BCUT2D eigenvalue weighted by atomic mass is 32.1. The third kappa shape index (κ3) is 3.26. The molecule has 1 aromatic heterocycles. The van der Waals surface area contributed by atoms with Gasteiger partial charge in [0.1, 0.15) is 4.88 Å². The molecule has 0 bridgehead atoms. The second kappa shape index (κ2) is 5.64. The lowest BCUT2D eigenvalue weighted by Crippen LogP contribution is -2.24. The Bertz CT molecular complexity index is 493. The number of hydrogen-bond acceptors (Lipinski definition) is 4. The summed E-state index contributed by atoms with van der Waals surface area (Å²) in [6.45, 7) is 6.77. The molecule has 0 unspecified atom stereocenters. The van der Waals surface area contributed by atoms with Crippen LogP contribution in [0.25, 0.3) is 0 Å². The van der Waals surface area contributed by atoms with Crippen molar-refractivity contribution >= 4 is 27.9 Å². The number of hydrogen-bond donors (Lipinski definition) is 1. The smallest absolute Gasteiger partial charge is 0.265 e. The molecule has 1 amide bonds. The first-order chi connectivity index (χ1) is 9.30. The standard InChI is InChI=1S/C15H25N3OS/c1-15(2)6-5-8-18(9-7-15)12-10-11(16)13(20-12)14(19)17(3)4/h10H,5-9,16H2,1-4H3. The monoisotopic (exact) mass is 295 g/mol. The van der Waals surface area contributed by atoms with E-state index < -0.39 is 0 Å². The number of rotatable bonds is 2. The van der Waals surface area contributed by atoms with Crippen LogP contribution in [0.2, 0.25) is 0 Å². The molecule has 0 radical (unpaired) electrons. The minimum absolute atomic E-state index is 0.00565. The van der Waals surface area contributed by atoms with E-state index in [9.17, 15) is 4.79 Å². The second-order valence-corrected chi connectivity index (χ2v) is 7.60. The van der Waals surface area contributed by atoms with Crippen molar-refractivity contribution in [1.29, 1.82) is 0 Å². The van der Waals surface area contributed by atoms with Crippen molar-refractivity contribution in [2.45, 2.75) is 33.1 Å². The average Bonchev–Trinajstić information content (AvgIpc) is 2.64. The van der Waals surface area contributed by atoms with Gasteiger partial charge in [-0.15, -0.1) is 11.3 Å². The number of amides is 1. The lowest BCUT2D eigenvalue weighted by atomic mass is 9.85. The van der Waals surface area contributed by atoms with Gasteiger partial charge >= 0.3 is 0 Å². The fourth-order valence-electron chi connectivity index (χ4n) is 2.56. The third-order valence-corrected chi connectivity index (χ3v) is 5.20. The molecule has 2 heterocycles. The molecule has 1 aliphatic heterocycles. The second-order valence-electron chi connectivity index (χ2n) is 6.57. The molecule has 1 saturated heterocycles. The third-order valence-electron chi connectivity index (χ3n) is 4.00. The molecule has 4 nitrogen and oxygen atoms in total. The lowest BCUT2D eigenvalue weighted by molar-refractivity contribution is 0.0833. The van der Waals surface area contributed by atoms with Crippen LogP contribution >= 0.6 is 11.3 Å². The SMILES string of the molecule is CN(C)C(=O)c1sc(N2CCCC(C)(C)CC2)cc1N. The molecule has 1 fully saturated rings. The number of thiophene rings is 1. The first-order valence-corrected chi connectivity index (χ1v) is 7.98. The Morgan fingerprint density at radius 3 is 2.70 bits per heavy atom. The molecule has 20 heavy (non-hydrogen) atoms. The largest absolute Gasteiger partial charge is 0.397 e. The molecule has 0 atom stereocenters. The zero-order chi connectivity index (χ0) is 14.9. The van der Waals surface area contributed by atoms with Gasteiger partial charge in [0.15, 0.2) is 0 Å². The van der Waals surface area contributed by atoms with Crippen molar-refractivity contribution in [3.8, 4) is 0 Å². The maximum absolute atomic E-state index is 12.1. The van der Waals surface area contributed by atoms with Crippen molar-refractivity contribution in [2.75, 3.05) is 37.8 Å². The van der Waals surface area contributed by atoms with Crippen LogP contribution in [0.15, 0.2) is 6.07 Å². The number of nitrogens with zero attached hydrogens (tertiary/aromatic N) is 2. The molecule has 112 valence electrons. The van der Waals surface area contributed by atoms with Crippen LogP contribution in [-0.4, -0.2) is 38.0 Å². The summed E-state index contributed by atoms with van der Waals surface area (Å²) in [5.74, 6) is -0.00565. The van der Waals surface area contributed by atoms with E-state index in [2.05, 4.69) is 18.7 Å². The summed E-state index contributed by atoms with van der Waals surface area (Å²) in [4.78, 5) is 16.7. The van der Waals surface area contributed by atoms with Crippen LogP contribution < -0.4 is 10.6 Å². The number of anilines is 2. The first kappa shape index (κ1) is 15.2. The maximum Gasteiger partial charge on any atom is 0.265 e. The van der Waals surface area contributed by atoms with E-state index in [1.165, 1.54) is 30.6 Å². The molecule has 5 heteroatoms. The van der Waals surface area contributed by atoms with Crippen LogP contribution in [0.3, 0.4) is 0 Å². The predicted octanol–water partition coefficient (Wildman–Crippen LogP) is 3.05. The highest BCUT2D eigenvalue weighted by Crippen LogP contribution is 2.37. The van der Waals surface area contributed by atoms with Crippen molar-refractivity contribution in [1.82, 2.24) is 4.90 Å². The van der Waals surface area contributed by atoms with Gasteiger partial charge in [0.05, 0.1) is 10.7 Å². The number of nitrogen functional groups attached to an aromatic ring is 1. The lowest BCUT2D eigenvalue weighted by Gasteiger charge is -2.23. The Balaban J connectivity index is 2.18. The van der Waals surface area contributed by atoms with E-state index in [-0.39, 0.29) is 5.91 Å². The normalized spacial score (nSPS) is 18.7. The fraction of sp³-hybridized carbons (Fsp3) is 0.667. The molecule has 0 aromatic carbocycles. The van der Waals surface area contributed by atoms with E-state index in [1.807, 2.05) is 6.07 Å². The van der Waals surface area contributed by atoms with Gasteiger partial charge in [0.2, 0.25) is 0 Å². The molecule has 1 aliphatic rings. The summed E-state index contributed by atoms with van der Waals surface area (Å²) in [6.07, 6.45) is 3.64. The fourth-order valence-corrected chi connectivity index (χ4v) is 3.71. The number of carbonyl (C=O) groups is 1. The van der Waals surface area contributed by atoms with Gasteiger partial charge in [-0.3, -0.25) is 4.79 Å². The van der Waals surface area contributed by atoms with Gasteiger partial charge in [-0.2, -0.15) is 0 Å². The van der Waals surface area contributed by atoms with Crippen molar-refractivity contribution < 1.29 is 4.79 Å². The summed E-state index contributed by atoms with van der Waals surface area (Å²) >= 11 is 1.52. The van der Waals surface area contributed by atoms with Gasteiger partial charge in [0.25, 0.3) is 5.91 Å². The number of carbonyl (C=O) groups excluding carboxylic acids is 1. The Labute approximate surface area is 125 Å². The topological polar surface area (TPSA) is 49.6 Å². The van der Waals surface area contributed by atoms with Crippen LogP contribution in [0.4, 0.5) is 10.7 Å². The summed E-state index contributed by atoms with van der Waals surface area (Å²) in [5, 5.41) is 1.13. The van der Waals surface area contributed by atoms with E-state index in [0.29, 0.717) is 16.0 Å². The zero-order valence-corrected chi connectivity index (χ0v) is 13.7. The van der Waals surface area contributed by atoms with Gasteiger partial charge in [-0.25, -0.2) is 0 Å². The molecule has 2 N–H and O–H groups in total. The van der Waals surface area contributed by atoms with E-state index in [1.54, 1.807) is 19.0 Å². The molecular formula is C15H25N3OS. The van der Waals surface area contributed by atoms with E-state index in [0.717, 1.165) is 18.1 Å². The van der Waals surface area contributed by atoms with Crippen LogP contribution in [0, 0.1) is 5.41 Å². The van der Waals surface area contributed by atoms with Gasteiger partial charge in [-0.05, 0) is 30.7 Å². The maximum atomic E-state index is 12.1. The molecule has 1 aromatic rings. The average molecular weight is 295 g/mol. The van der Waals surface area contributed by atoms with Gasteiger partial charge < -0.3 is 15.5 Å². The Morgan fingerprint density at radius 2 is 2.05 bits per heavy atom.